The lowest BCUT2D eigenvalue weighted by Crippen LogP contribution is -2.45. The SMILES string of the molecule is COc1cc(Nc2ccc(C(=O)NNC3CCSCC3)cc2)cc(OC)c1OC. The van der Waals surface area contributed by atoms with Crippen molar-refractivity contribution in [3.63, 3.8) is 0 Å². The number of rotatable bonds is 8. The first kappa shape index (κ1) is 21.1. The van der Waals surface area contributed by atoms with Crippen molar-refractivity contribution >= 4 is 29.0 Å². The Bertz CT molecular complexity index is 798. The van der Waals surface area contributed by atoms with Crippen LogP contribution in [0.15, 0.2) is 36.4 Å². The molecule has 1 aliphatic rings. The van der Waals surface area contributed by atoms with Gasteiger partial charge in [-0.25, -0.2) is 5.43 Å². The predicted molar refractivity (Wildman–Crippen MR) is 117 cm³/mol. The summed E-state index contributed by atoms with van der Waals surface area (Å²) in [7, 11) is 4.72. The van der Waals surface area contributed by atoms with E-state index in [4.69, 9.17) is 14.2 Å². The van der Waals surface area contributed by atoms with Crippen molar-refractivity contribution in [2.75, 3.05) is 38.2 Å². The smallest absolute Gasteiger partial charge is 0.265 e. The molecule has 0 spiro atoms. The summed E-state index contributed by atoms with van der Waals surface area (Å²) in [5, 5.41) is 3.29. The molecule has 3 rings (SSSR count). The molecule has 1 saturated heterocycles. The number of thioether (sulfide) groups is 1. The Morgan fingerprint density at radius 3 is 2.10 bits per heavy atom. The van der Waals surface area contributed by atoms with Crippen molar-refractivity contribution in [2.24, 2.45) is 0 Å². The maximum Gasteiger partial charge on any atom is 0.265 e. The molecule has 0 saturated carbocycles. The average molecular weight is 418 g/mol. The Kier molecular flexibility index (Phi) is 7.48. The first-order chi connectivity index (χ1) is 14.1. The Hall–Kier alpha value is -2.58. The van der Waals surface area contributed by atoms with Crippen molar-refractivity contribution in [1.82, 2.24) is 10.9 Å². The van der Waals surface area contributed by atoms with E-state index in [1.165, 1.54) is 0 Å². The Labute approximate surface area is 175 Å². The van der Waals surface area contributed by atoms with Crippen LogP contribution in [0.5, 0.6) is 17.2 Å². The fraction of sp³-hybridized carbons (Fsp3) is 0.381. The monoisotopic (exact) mass is 417 g/mol. The summed E-state index contributed by atoms with van der Waals surface area (Å²) in [6.45, 7) is 0. The minimum Gasteiger partial charge on any atom is -0.493 e. The van der Waals surface area contributed by atoms with Crippen molar-refractivity contribution in [2.45, 2.75) is 18.9 Å². The average Bonchev–Trinajstić information content (AvgIpc) is 2.77. The summed E-state index contributed by atoms with van der Waals surface area (Å²) < 4.78 is 16.1. The van der Waals surface area contributed by atoms with Crippen LogP contribution >= 0.6 is 11.8 Å². The van der Waals surface area contributed by atoms with E-state index in [1.807, 2.05) is 36.0 Å². The summed E-state index contributed by atoms with van der Waals surface area (Å²) in [4.78, 5) is 12.3. The molecule has 0 atom stereocenters. The zero-order valence-corrected chi connectivity index (χ0v) is 17.7. The second-order valence-electron chi connectivity index (χ2n) is 6.60. The highest BCUT2D eigenvalue weighted by Crippen LogP contribution is 2.40. The van der Waals surface area contributed by atoms with E-state index >= 15 is 0 Å². The largest absolute Gasteiger partial charge is 0.493 e. The van der Waals surface area contributed by atoms with Gasteiger partial charge in [-0.1, -0.05) is 0 Å². The highest BCUT2D eigenvalue weighted by atomic mass is 32.2. The molecule has 3 N–H and O–H groups in total. The molecule has 0 unspecified atom stereocenters. The molecule has 0 aliphatic carbocycles. The van der Waals surface area contributed by atoms with Gasteiger partial charge in [0.05, 0.1) is 21.3 Å². The van der Waals surface area contributed by atoms with Crippen LogP contribution in [0.2, 0.25) is 0 Å². The normalized spacial score (nSPS) is 14.2. The zero-order chi connectivity index (χ0) is 20.6. The van der Waals surface area contributed by atoms with Crippen molar-refractivity contribution in [3.05, 3.63) is 42.0 Å². The van der Waals surface area contributed by atoms with E-state index in [9.17, 15) is 4.79 Å². The molecule has 0 bridgehead atoms. The number of nitrogens with one attached hydrogen (secondary N) is 3. The number of ether oxygens (including phenoxy) is 3. The molecule has 2 aromatic carbocycles. The van der Waals surface area contributed by atoms with Gasteiger partial charge in [0.25, 0.3) is 5.91 Å². The van der Waals surface area contributed by atoms with Gasteiger partial charge in [-0.15, -0.1) is 0 Å². The number of benzene rings is 2. The minimum absolute atomic E-state index is 0.137. The van der Waals surface area contributed by atoms with Gasteiger partial charge in [0.15, 0.2) is 11.5 Å². The van der Waals surface area contributed by atoms with Crippen LogP contribution < -0.4 is 30.4 Å². The topological polar surface area (TPSA) is 80.9 Å². The van der Waals surface area contributed by atoms with Gasteiger partial charge < -0.3 is 19.5 Å². The molecule has 1 heterocycles. The second kappa shape index (κ2) is 10.3. The van der Waals surface area contributed by atoms with Gasteiger partial charge >= 0.3 is 0 Å². The second-order valence-corrected chi connectivity index (χ2v) is 7.83. The molecular formula is C21H27N3O4S. The van der Waals surface area contributed by atoms with Gasteiger partial charge in [0, 0.05) is 35.1 Å². The van der Waals surface area contributed by atoms with Crippen LogP contribution in [0.4, 0.5) is 11.4 Å². The molecule has 2 aromatic rings. The van der Waals surface area contributed by atoms with Crippen molar-refractivity contribution in [3.8, 4) is 17.2 Å². The fourth-order valence-corrected chi connectivity index (χ4v) is 4.21. The van der Waals surface area contributed by atoms with E-state index in [-0.39, 0.29) is 5.91 Å². The Morgan fingerprint density at radius 2 is 1.55 bits per heavy atom. The third-order valence-electron chi connectivity index (χ3n) is 4.71. The third kappa shape index (κ3) is 5.48. The number of hydrogen-bond donors (Lipinski definition) is 3. The van der Waals surface area contributed by atoms with Crippen molar-refractivity contribution < 1.29 is 19.0 Å². The molecule has 156 valence electrons. The van der Waals surface area contributed by atoms with Crippen LogP contribution in [0, 0.1) is 0 Å². The predicted octanol–water partition coefficient (Wildman–Crippen LogP) is 3.59. The third-order valence-corrected chi connectivity index (χ3v) is 5.76. The number of hydrazine groups is 1. The van der Waals surface area contributed by atoms with Gasteiger partial charge in [0.2, 0.25) is 5.75 Å². The number of carbonyl (C=O) groups excluding carboxylic acids is 1. The summed E-state index contributed by atoms with van der Waals surface area (Å²) in [6.07, 6.45) is 2.14. The summed E-state index contributed by atoms with van der Waals surface area (Å²) in [5.41, 5.74) is 8.18. The molecular weight excluding hydrogens is 390 g/mol. The Morgan fingerprint density at radius 1 is 0.931 bits per heavy atom. The van der Waals surface area contributed by atoms with E-state index in [2.05, 4.69) is 16.2 Å². The highest BCUT2D eigenvalue weighted by Gasteiger charge is 2.15. The fourth-order valence-electron chi connectivity index (χ4n) is 3.11. The quantitative estimate of drug-likeness (QED) is 0.567. The first-order valence-electron chi connectivity index (χ1n) is 9.45. The van der Waals surface area contributed by atoms with Crippen LogP contribution in [0.25, 0.3) is 0 Å². The van der Waals surface area contributed by atoms with Gasteiger partial charge in [-0.2, -0.15) is 11.8 Å². The number of anilines is 2. The van der Waals surface area contributed by atoms with Crippen LogP contribution in [0.3, 0.4) is 0 Å². The van der Waals surface area contributed by atoms with E-state index < -0.39 is 0 Å². The minimum atomic E-state index is -0.137. The number of carbonyl (C=O) groups is 1. The lowest BCUT2D eigenvalue weighted by atomic mass is 10.1. The maximum absolute atomic E-state index is 12.3. The molecule has 1 fully saturated rings. The van der Waals surface area contributed by atoms with Crippen LogP contribution in [0.1, 0.15) is 23.2 Å². The number of hydrogen-bond acceptors (Lipinski definition) is 7. The van der Waals surface area contributed by atoms with Crippen molar-refractivity contribution in [1.29, 1.82) is 0 Å². The van der Waals surface area contributed by atoms with E-state index in [1.54, 1.807) is 33.5 Å². The zero-order valence-electron chi connectivity index (χ0n) is 16.9. The number of methoxy groups -OCH3 is 3. The summed E-state index contributed by atoms with van der Waals surface area (Å²) in [6, 6.07) is 11.3. The molecule has 8 heteroatoms. The maximum atomic E-state index is 12.3. The molecule has 0 radical (unpaired) electrons. The molecule has 1 aliphatic heterocycles. The molecule has 29 heavy (non-hydrogen) atoms. The lowest BCUT2D eigenvalue weighted by Gasteiger charge is -2.22. The summed E-state index contributed by atoms with van der Waals surface area (Å²) >= 11 is 1.96. The van der Waals surface area contributed by atoms with E-state index in [0.29, 0.717) is 28.9 Å². The van der Waals surface area contributed by atoms with Gasteiger partial charge in [0.1, 0.15) is 0 Å². The summed E-state index contributed by atoms with van der Waals surface area (Å²) in [5.74, 6) is 3.80. The molecule has 7 nitrogen and oxygen atoms in total. The number of amides is 1. The van der Waals surface area contributed by atoms with E-state index in [0.717, 1.165) is 35.7 Å². The first-order valence-corrected chi connectivity index (χ1v) is 10.6. The van der Waals surface area contributed by atoms with Gasteiger partial charge in [-0.3, -0.25) is 10.2 Å². The molecule has 1 amide bonds. The highest BCUT2D eigenvalue weighted by molar-refractivity contribution is 7.99. The van der Waals surface area contributed by atoms with Crippen LogP contribution in [-0.2, 0) is 0 Å². The molecule has 0 aromatic heterocycles. The van der Waals surface area contributed by atoms with Crippen LogP contribution in [-0.4, -0.2) is 44.8 Å². The van der Waals surface area contributed by atoms with Gasteiger partial charge in [-0.05, 0) is 48.6 Å². The standard InChI is InChI=1S/C21H27N3O4S/c1-26-18-12-17(13-19(27-2)20(18)28-3)22-15-6-4-14(5-7-15)21(25)24-23-16-8-10-29-11-9-16/h4-7,12-13,16,22-23H,8-11H2,1-3H3,(H,24,25). The Balaban J connectivity index is 1.63. The lowest BCUT2D eigenvalue weighted by molar-refractivity contribution is 0.0924.